The normalized spacial score (nSPS) is 18.5. The summed E-state index contributed by atoms with van der Waals surface area (Å²) in [5.74, 6) is 7.81. The first-order valence-corrected chi connectivity index (χ1v) is 14.8. The number of likely N-dealkylation sites (tertiary alicyclic amines) is 1. The number of amides is 1. The van der Waals surface area contributed by atoms with Gasteiger partial charge in [0.1, 0.15) is 24.8 Å². The highest BCUT2D eigenvalue weighted by atomic mass is 35.5. The van der Waals surface area contributed by atoms with E-state index in [1.165, 1.54) is 24.1 Å². The predicted molar refractivity (Wildman–Crippen MR) is 160 cm³/mol. The zero-order valence-corrected chi connectivity index (χ0v) is 23.9. The molecule has 2 fully saturated rings. The maximum atomic E-state index is 12.4. The van der Waals surface area contributed by atoms with Gasteiger partial charge in [0.05, 0.1) is 31.9 Å². The average molecular weight is 589 g/mol. The maximum Gasteiger partial charge on any atom is 0.410 e. The van der Waals surface area contributed by atoms with Gasteiger partial charge in [0.25, 0.3) is 0 Å². The number of halogens is 1. The minimum absolute atomic E-state index is 0.0383. The van der Waals surface area contributed by atoms with Crippen molar-refractivity contribution < 1.29 is 14.3 Å². The number of anilines is 2. The fourth-order valence-electron chi connectivity index (χ4n) is 4.83. The Hall–Kier alpha value is -3.91. The Morgan fingerprint density at radius 1 is 1.15 bits per heavy atom. The molecule has 1 aromatic carbocycles. The number of pyridine rings is 1. The van der Waals surface area contributed by atoms with Crippen molar-refractivity contribution in [3.05, 3.63) is 70.6 Å². The van der Waals surface area contributed by atoms with Crippen molar-refractivity contribution in [3.8, 4) is 17.6 Å². The Morgan fingerprint density at radius 2 is 2.05 bits per heavy atom. The molecule has 9 nitrogen and oxygen atoms in total. The lowest BCUT2D eigenvalue weighted by atomic mass is 10.1. The Balaban J connectivity index is 1.08. The molecule has 3 aromatic heterocycles. The molecule has 0 saturated carbocycles. The van der Waals surface area contributed by atoms with E-state index in [1.807, 2.05) is 41.3 Å². The van der Waals surface area contributed by atoms with Crippen molar-refractivity contribution in [1.29, 1.82) is 0 Å². The van der Waals surface area contributed by atoms with Crippen molar-refractivity contribution in [1.82, 2.24) is 25.2 Å². The number of nitrogens with one attached hydrogen (secondary N) is 2. The van der Waals surface area contributed by atoms with Crippen LogP contribution in [0.2, 0.25) is 5.02 Å². The average Bonchev–Trinajstić information content (AvgIpc) is 3.64. The zero-order valence-electron chi connectivity index (χ0n) is 22.3. The molecule has 41 heavy (non-hydrogen) atoms. The monoisotopic (exact) mass is 588 g/mol. The topological polar surface area (TPSA) is 102 Å². The Kier molecular flexibility index (Phi) is 8.46. The number of nitrogens with zero attached hydrogens (tertiary/aromatic N) is 4. The number of thiophene rings is 1. The fourth-order valence-corrected chi connectivity index (χ4v) is 5.98. The Labute approximate surface area is 247 Å². The molecule has 0 aliphatic carbocycles. The molecule has 1 amide bonds. The standard InChI is InChI=1S/C30H29ClN6O3S/c31-25-15-21(8-10-27(25)39-18-22-6-2-3-11-32-22)36-29-28-26(34-19-35-29)16-24(41-28)9-7-20-14-23(17-33-20)40-30(38)37-12-4-1-5-13-37/h2-3,6,8,10-11,15-16,19-20,23,33H,1,4-5,12-14,17-18H2,(H,34,35,36). The van der Waals surface area contributed by atoms with E-state index in [-0.39, 0.29) is 18.2 Å². The van der Waals surface area contributed by atoms with Gasteiger partial charge in [-0.2, -0.15) is 0 Å². The third-order valence-corrected chi connectivity index (χ3v) is 8.29. The van der Waals surface area contributed by atoms with Crippen LogP contribution in [-0.2, 0) is 11.3 Å². The number of aromatic nitrogens is 3. The molecular weight excluding hydrogens is 560 g/mol. The van der Waals surface area contributed by atoms with E-state index in [0.29, 0.717) is 36.2 Å². The summed E-state index contributed by atoms with van der Waals surface area (Å²) in [6.45, 7) is 2.51. The number of carbonyl (C=O) groups is 1. The molecule has 2 aliphatic heterocycles. The summed E-state index contributed by atoms with van der Waals surface area (Å²) in [6, 6.07) is 13.1. The summed E-state index contributed by atoms with van der Waals surface area (Å²) in [5.41, 5.74) is 2.41. The molecule has 5 heterocycles. The van der Waals surface area contributed by atoms with Crippen LogP contribution in [-0.4, -0.2) is 57.7 Å². The first-order valence-electron chi connectivity index (χ1n) is 13.6. The minimum atomic E-state index is -0.207. The summed E-state index contributed by atoms with van der Waals surface area (Å²) in [4.78, 5) is 28.3. The quantitative estimate of drug-likeness (QED) is 0.274. The van der Waals surface area contributed by atoms with Crippen LogP contribution in [0.25, 0.3) is 10.2 Å². The fraction of sp³-hybridized carbons (Fsp3) is 0.333. The number of ether oxygens (including phenoxy) is 2. The van der Waals surface area contributed by atoms with Gasteiger partial charge in [0.15, 0.2) is 5.82 Å². The number of piperidine rings is 1. The van der Waals surface area contributed by atoms with Crippen LogP contribution in [0.1, 0.15) is 36.3 Å². The van der Waals surface area contributed by atoms with E-state index in [0.717, 1.165) is 52.4 Å². The van der Waals surface area contributed by atoms with Gasteiger partial charge in [-0.05, 0) is 55.7 Å². The van der Waals surface area contributed by atoms with Crippen LogP contribution < -0.4 is 15.4 Å². The smallest absolute Gasteiger partial charge is 0.410 e. The van der Waals surface area contributed by atoms with Gasteiger partial charge < -0.3 is 19.7 Å². The third-order valence-electron chi connectivity index (χ3n) is 6.95. The largest absolute Gasteiger partial charge is 0.486 e. The molecule has 0 radical (unpaired) electrons. The van der Waals surface area contributed by atoms with E-state index in [4.69, 9.17) is 21.1 Å². The number of hydrogen-bond donors (Lipinski definition) is 2. The molecule has 4 aromatic rings. The number of benzene rings is 1. The van der Waals surface area contributed by atoms with Gasteiger partial charge >= 0.3 is 6.09 Å². The van der Waals surface area contributed by atoms with Crippen LogP contribution in [0.3, 0.4) is 0 Å². The van der Waals surface area contributed by atoms with Crippen molar-refractivity contribution in [2.45, 2.75) is 44.4 Å². The van der Waals surface area contributed by atoms with E-state index in [2.05, 4.69) is 37.4 Å². The lowest BCUT2D eigenvalue weighted by Crippen LogP contribution is -2.38. The van der Waals surface area contributed by atoms with Gasteiger partial charge in [0, 0.05) is 37.9 Å². The van der Waals surface area contributed by atoms with Gasteiger partial charge in [-0.1, -0.05) is 29.5 Å². The van der Waals surface area contributed by atoms with E-state index in [9.17, 15) is 4.79 Å². The van der Waals surface area contributed by atoms with Crippen LogP contribution in [0.4, 0.5) is 16.3 Å². The predicted octanol–water partition coefficient (Wildman–Crippen LogP) is 5.77. The van der Waals surface area contributed by atoms with Gasteiger partial charge in [-0.3, -0.25) is 10.3 Å². The second kappa shape index (κ2) is 12.7. The number of carbonyl (C=O) groups excluding carboxylic acids is 1. The van der Waals surface area contributed by atoms with E-state index < -0.39 is 0 Å². The summed E-state index contributed by atoms with van der Waals surface area (Å²) in [6.07, 6.45) is 6.84. The molecule has 2 N–H and O–H groups in total. The molecule has 2 aliphatic rings. The van der Waals surface area contributed by atoms with Crippen molar-refractivity contribution in [2.75, 3.05) is 25.0 Å². The van der Waals surface area contributed by atoms with Crippen molar-refractivity contribution in [3.63, 3.8) is 0 Å². The number of fused-ring (bicyclic) bond motifs is 1. The van der Waals surface area contributed by atoms with Crippen molar-refractivity contribution >= 4 is 50.8 Å². The highest BCUT2D eigenvalue weighted by Gasteiger charge is 2.28. The number of rotatable bonds is 6. The molecular formula is C30H29ClN6O3S. The molecule has 2 atom stereocenters. The second-order valence-corrected chi connectivity index (χ2v) is 11.4. The lowest BCUT2D eigenvalue weighted by Gasteiger charge is -2.27. The van der Waals surface area contributed by atoms with Crippen LogP contribution in [0.15, 0.2) is 55.0 Å². The summed E-state index contributed by atoms with van der Waals surface area (Å²) >= 11 is 8.02. The molecule has 210 valence electrons. The maximum absolute atomic E-state index is 12.4. The van der Waals surface area contributed by atoms with Gasteiger partial charge in [-0.15, -0.1) is 11.3 Å². The van der Waals surface area contributed by atoms with Crippen molar-refractivity contribution in [2.24, 2.45) is 0 Å². The van der Waals surface area contributed by atoms with E-state index in [1.54, 1.807) is 12.3 Å². The first-order chi connectivity index (χ1) is 20.1. The van der Waals surface area contributed by atoms with Crippen LogP contribution in [0.5, 0.6) is 5.75 Å². The minimum Gasteiger partial charge on any atom is -0.486 e. The highest BCUT2D eigenvalue weighted by molar-refractivity contribution is 7.20. The Bertz CT molecular complexity index is 1580. The highest BCUT2D eigenvalue weighted by Crippen LogP contribution is 2.33. The van der Waals surface area contributed by atoms with Crippen LogP contribution >= 0.6 is 22.9 Å². The summed E-state index contributed by atoms with van der Waals surface area (Å²) < 4.78 is 12.4. The lowest BCUT2D eigenvalue weighted by molar-refractivity contribution is 0.0646. The summed E-state index contributed by atoms with van der Waals surface area (Å²) in [7, 11) is 0. The Morgan fingerprint density at radius 3 is 2.88 bits per heavy atom. The number of hydrogen-bond acceptors (Lipinski definition) is 9. The SMILES string of the molecule is O=C(OC1CNC(C#Cc2cc3ncnc(Nc4ccc(OCc5ccccn5)c(Cl)c4)c3s2)C1)N1CCCCC1. The third kappa shape index (κ3) is 6.88. The van der Waals surface area contributed by atoms with Gasteiger partial charge in [0.2, 0.25) is 0 Å². The van der Waals surface area contributed by atoms with E-state index >= 15 is 0 Å². The molecule has 6 rings (SSSR count). The molecule has 11 heteroatoms. The molecule has 2 saturated heterocycles. The summed E-state index contributed by atoms with van der Waals surface area (Å²) in [5, 5.41) is 7.19. The van der Waals surface area contributed by atoms with Gasteiger partial charge in [-0.25, -0.2) is 14.8 Å². The zero-order chi connectivity index (χ0) is 28.0. The first kappa shape index (κ1) is 27.3. The molecule has 0 spiro atoms. The second-order valence-electron chi connectivity index (χ2n) is 9.95. The van der Waals surface area contributed by atoms with Crippen LogP contribution in [0, 0.1) is 11.8 Å². The molecule has 0 bridgehead atoms. The molecule has 2 unspecified atom stereocenters.